The summed E-state index contributed by atoms with van der Waals surface area (Å²) in [6.07, 6.45) is 2.72. The molecule has 0 aromatic heterocycles. The van der Waals surface area contributed by atoms with Crippen LogP contribution in [0.1, 0.15) is 25.7 Å². The molecule has 2 aliphatic rings. The van der Waals surface area contributed by atoms with Gasteiger partial charge in [-0.05, 0) is 25.2 Å². The summed E-state index contributed by atoms with van der Waals surface area (Å²) in [6, 6.07) is 0. The summed E-state index contributed by atoms with van der Waals surface area (Å²) in [5.74, 6) is 0.715. The van der Waals surface area contributed by atoms with Gasteiger partial charge in [0.25, 0.3) is 0 Å². The van der Waals surface area contributed by atoms with Crippen LogP contribution in [0.15, 0.2) is 0 Å². The number of carbonyl (C=O) groups excluding carboxylic acids is 1. The van der Waals surface area contributed by atoms with Crippen molar-refractivity contribution in [3.63, 3.8) is 0 Å². The van der Waals surface area contributed by atoms with E-state index < -0.39 is 6.09 Å². The molecule has 0 radical (unpaired) electrons. The number of amides is 1. The third-order valence-corrected chi connectivity index (χ3v) is 3.44. The van der Waals surface area contributed by atoms with Gasteiger partial charge in [0.15, 0.2) is 0 Å². The fourth-order valence-electron chi connectivity index (χ4n) is 2.61. The molecule has 2 atom stereocenters. The van der Waals surface area contributed by atoms with Crippen LogP contribution in [0.4, 0.5) is 4.79 Å². The molecule has 2 rings (SSSR count). The number of hydrogen-bond donors (Lipinski definition) is 1. The van der Waals surface area contributed by atoms with Crippen molar-refractivity contribution in [1.29, 1.82) is 0 Å². The van der Waals surface area contributed by atoms with Crippen molar-refractivity contribution in [3.05, 3.63) is 0 Å². The Morgan fingerprint density at radius 1 is 1.43 bits per heavy atom. The molecule has 0 bridgehead atoms. The minimum atomic E-state index is -0.887. The fourth-order valence-corrected chi connectivity index (χ4v) is 2.61. The molecular weight excluding hydrogens is 182 g/mol. The van der Waals surface area contributed by atoms with Gasteiger partial charge in [0, 0.05) is 25.4 Å². The van der Waals surface area contributed by atoms with Crippen LogP contribution in [-0.2, 0) is 4.79 Å². The molecule has 78 valence electrons. The Morgan fingerprint density at radius 3 is 2.93 bits per heavy atom. The van der Waals surface area contributed by atoms with E-state index in [0.717, 1.165) is 19.3 Å². The van der Waals surface area contributed by atoms with Gasteiger partial charge >= 0.3 is 6.09 Å². The summed E-state index contributed by atoms with van der Waals surface area (Å²) < 4.78 is 0. The van der Waals surface area contributed by atoms with Gasteiger partial charge in [-0.1, -0.05) is 0 Å². The van der Waals surface area contributed by atoms with Gasteiger partial charge in [0.1, 0.15) is 5.78 Å². The highest BCUT2D eigenvalue weighted by molar-refractivity contribution is 5.83. The summed E-state index contributed by atoms with van der Waals surface area (Å²) in [6.45, 7) is 1.03. The lowest BCUT2D eigenvalue weighted by atomic mass is 9.74. The molecular formula is C10H15NO3. The lowest BCUT2D eigenvalue weighted by molar-refractivity contribution is -0.128. The Balaban J connectivity index is 2.05. The quantitative estimate of drug-likeness (QED) is 0.637. The summed E-state index contributed by atoms with van der Waals surface area (Å²) >= 11 is 0. The molecule has 0 aromatic rings. The molecule has 0 aromatic carbocycles. The van der Waals surface area contributed by atoms with Crippen molar-refractivity contribution in [3.8, 4) is 0 Å². The molecule has 1 saturated heterocycles. The third-order valence-electron chi connectivity index (χ3n) is 3.44. The van der Waals surface area contributed by atoms with Crippen molar-refractivity contribution in [2.24, 2.45) is 11.8 Å². The van der Waals surface area contributed by atoms with Gasteiger partial charge in [-0.15, -0.1) is 0 Å². The highest BCUT2D eigenvalue weighted by atomic mass is 16.4. The zero-order valence-corrected chi connectivity index (χ0v) is 8.11. The van der Waals surface area contributed by atoms with E-state index in [1.54, 1.807) is 0 Å². The fraction of sp³-hybridized carbons (Fsp3) is 0.800. The molecule has 4 nitrogen and oxygen atoms in total. The zero-order valence-electron chi connectivity index (χ0n) is 8.11. The Bertz CT molecular complexity index is 264. The van der Waals surface area contributed by atoms with E-state index >= 15 is 0 Å². The number of carbonyl (C=O) groups is 2. The van der Waals surface area contributed by atoms with E-state index in [1.165, 1.54) is 4.90 Å². The molecule has 1 aliphatic heterocycles. The van der Waals surface area contributed by atoms with Crippen LogP contribution in [0.25, 0.3) is 0 Å². The summed E-state index contributed by atoms with van der Waals surface area (Å²) in [7, 11) is 0. The number of piperidine rings is 1. The standard InChI is InChI=1S/C10H15NO3/c12-9-3-1-2-7-4-5-11(10(13)14)6-8(7)9/h7-8H,1-6H2,(H,13,14)/t7-,8+/m1/s1. The maximum Gasteiger partial charge on any atom is 0.407 e. The lowest BCUT2D eigenvalue weighted by Gasteiger charge is -2.38. The van der Waals surface area contributed by atoms with E-state index in [-0.39, 0.29) is 11.7 Å². The van der Waals surface area contributed by atoms with Gasteiger partial charge in [-0.3, -0.25) is 4.79 Å². The second-order valence-electron chi connectivity index (χ2n) is 4.24. The predicted octanol–water partition coefficient (Wildman–Crippen LogP) is 1.36. The first-order valence-corrected chi connectivity index (χ1v) is 5.19. The van der Waals surface area contributed by atoms with Crippen LogP contribution < -0.4 is 0 Å². The van der Waals surface area contributed by atoms with Crippen molar-refractivity contribution >= 4 is 11.9 Å². The molecule has 2 fully saturated rings. The molecule has 4 heteroatoms. The molecule has 0 unspecified atom stereocenters. The van der Waals surface area contributed by atoms with Gasteiger partial charge in [0.05, 0.1) is 0 Å². The number of carboxylic acid groups (broad SMARTS) is 1. The Morgan fingerprint density at radius 2 is 2.21 bits per heavy atom. The van der Waals surface area contributed by atoms with Gasteiger partial charge in [-0.25, -0.2) is 4.79 Å². The number of rotatable bonds is 0. The number of hydrogen-bond acceptors (Lipinski definition) is 2. The Hall–Kier alpha value is -1.06. The van der Waals surface area contributed by atoms with Gasteiger partial charge in [0.2, 0.25) is 0 Å². The summed E-state index contributed by atoms with van der Waals surface area (Å²) in [5, 5.41) is 8.83. The maximum atomic E-state index is 11.6. The van der Waals surface area contributed by atoms with Gasteiger partial charge in [-0.2, -0.15) is 0 Å². The van der Waals surface area contributed by atoms with E-state index in [4.69, 9.17) is 5.11 Å². The monoisotopic (exact) mass is 197 g/mol. The van der Waals surface area contributed by atoms with Gasteiger partial charge < -0.3 is 10.0 Å². The molecule has 1 N–H and O–H groups in total. The van der Waals surface area contributed by atoms with E-state index in [2.05, 4.69) is 0 Å². The van der Waals surface area contributed by atoms with Crippen LogP contribution in [0, 0.1) is 11.8 Å². The zero-order chi connectivity index (χ0) is 10.1. The third kappa shape index (κ3) is 1.61. The first-order chi connectivity index (χ1) is 6.68. The Kier molecular flexibility index (Phi) is 2.44. The molecule has 1 heterocycles. The summed E-state index contributed by atoms with van der Waals surface area (Å²) in [5.41, 5.74) is 0. The van der Waals surface area contributed by atoms with Crippen LogP contribution in [0.5, 0.6) is 0 Å². The predicted molar refractivity (Wildman–Crippen MR) is 50.1 cm³/mol. The molecule has 1 aliphatic carbocycles. The Labute approximate surface area is 82.9 Å². The van der Waals surface area contributed by atoms with Crippen molar-refractivity contribution in [2.45, 2.75) is 25.7 Å². The number of Topliss-reactive ketones (excluding diaryl/α,β-unsaturated/α-hetero) is 1. The maximum absolute atomic E-state index is 11.6. The number of nitrogens with zero attached hydrogens (tertiary/aromatic N) is 1. The second-order valence-corrected chi connectivity index (χ2v) is 4.24. The average molecular weight is 197 g/mol. The summed E-state index contributed by atoms with van der Waals surface area (Å²) in [4.78, 5) is 23.7. The van der Waals surface area contributed by atoms with Crippen molar-refractivity contribution in [1.82, 2.24) is 4.90 Å². The molecule has 1 amide bonds. The first kappa shape index (κ1) is 9.49. The van der Waals surface area contributed by atoms with Crippen LogP contribution in [-0.4, -0.2) is 35.0 Å². The first-order valence-electron chi connectivity index (χ1n) is 5.19. The average Bonchev–Trinajstić information content (AvgIpc) is 2.18. The normalized spacial score (nSPS) is 32.6. The minimum absolute atomic E-state index is 0.00593. The van der Waals surface area contributed by atoms with Crippen molar-refractivity contribution < 1.29 is 14.7 Å². The van der Waals surface area contributed by atoms with Crippen LogP contribution in [0.2, 0.25) is 0 Å². The highest BCUT2D eigenvalue weighted by Crippen LogP contribution is 2.33. The van der Waals surface area contributed by atoms with Crippen molar-refractivity contribution in [2.75, 3.05) is 13.1 Å². The smallest absolute Gasteiger partial charge is 0.407 e. The second kappa shape index (κ2) is 3.59. The largest absolute Gasteiger partial charge is 0.465 e. The minimum Gasteiger partial charge on any atom is -0.465 e. The molecule has 14 heavy (non-hydrogen) atoms. The van der Waals surface area contributed by atoms with Crippen LogP contribution in [0.3, 0.4) is 0 Å². The van der Waals surface area contributed by atoms with E-state index in [9.17, 15) is 9.59 Å². The molecule has 0 spiro atoms. The van der Waals surface area contributed by atoms with E-state index in [0.29, 0.717) is 25.4 Å². The molecule has 1 saturated carbocycles. The SMILES string of the molecule is O=C1CCC[C@@H]2CCN(C(=O)O)C[C@H]12. The van der Waals surface area contributed by atoms with Crippen LogP contribution >= 0.6 is 0 Å². The highest BCUT2D eigenvalue weighted by Gasteiger charge is 2.37. The lowest BCUT2D eigenvalue weighted by Crippen LogP contribution is -2.47. The number of fused-ring (bicyclic) bond motifs is 1. The number of ketones is 1. The number of likely N-dealkylation sites (tertiary alicyclic amines) is 1. The van der Waals surface area contributed by atoms with E-state index in [1.807, 2.05) is 0 Å². The topological polar surface area (TPSA) is 57.6 Å².